The van der Waals surface area contributed by atoms with Crippen LogP contribution >= 0.6 is 0 Å². The number of fused-ring (bicyclic) bond motifs is 1. The molecule has 2 aromatic rings. The second-order valence-corrected chi connectivity index (χ2v) is 7.74. The number of benzene rings is 2. The zero-order valence-corrected chi connectivity index (χ0v) is 16.0. The molecule has 2 unspecified atom stereocenters. The van der Waals surface area contributed by atoms with Crippen LogP contribution in [0.1, 0.15) is 0 Å². The van der Waals surface area contributed by atoms with Crippen LogP contribution in [-0.2, 0) is 4.74 Å². The van der Waals surface area contributed by atoms with E-state index in [4.69, 9.17) is 4.74 Å². The summed E-state index contributed by atoms with van der Waals surface area (Å²) in [4.78, 5) is 27.7. The molecule has 0 bridgehead atoms. The fourth-order valence-electron chi connectivity index (χ4n) is 4.41. The summed E-state index contributed by atoms with van der Waals surface area (Å²) < 4.78 is 32.1. The number of amides is 3. The maximum Gasteiger partial charge on any atom is 0.414 e. The minimum Gasteiger partial charge on any atom is -0.447 e. The number of carbonyl (C=O) groups excluding carboxylic acids is 2. The number of hydrogen-bond acceptors (Lipinski definition) is 4. The van der Waals surface area contributed by atoms with Crippen molar-refractivity contribution in [3.05, 3.63) is 54.1 Å². The smallest absolute Gasteiger partial charge is 0.414 e. The van der Waals surface area contributed by atoms with Crippen molar-refractivity contribution in [3.63, 3.8) is 0 Å². The van der Waals surface area contributed by atoms with Crippen LogP contribution in [-0.4, -0.2) is 44.4 Å². The topological polar surface area (TPSA) is 73.9 Å². The lowest BCUT2D eigenvalue weighted by Gasteiger charge is -2.23. The molecular formula is C21H20F2N4O3. The molecule has 2 heterocycles. The van der Waals surface area contributed by atoms with E-state index >= 15 is 0 Å². The van der Waals surface area contributed by atoms with E-state index in [1.165, 1.54) is 17.0 Å². The average Bonchev–Trinajstić information content (AvgIpc) is 3.06. The Bertz CT molecular complexity index is 1010. The lowest BCUT2D eigenvalue weighted by molar-refractivity contribution is 0.181. The van der Waals surface area contributed by atoms with Crippen molar-refractivity contribution < 1.29 is 23.1 Å². The number of para-hydroxylation sites is 2. The Hall–Kier alpha value is -3.36. The van der Waals surface area contributed by atoms with E-state index in [9.17, 15) is 18.4 Å². The lowest BCUT2D eigenvalue weighted by atomic mass is 10.2. The van der Waals surface area contributed by atoms with Crippen LogP contribution in [0.5, 0.6) is 0 Å². The zero-order valence-electron chi connectivity index (χ0n) is 16.0. The van der Waals surface area contributed by atoms with Crippen LogP contribution in [0.25, 0.3) is 0 Å². The Labute approximate surface area is 171 Å². The van der Waals surface area contributed by atoms with E-state index in [2.05, 4.69) is 10.6 Å². The molecule has 2 N–H and O–H groups in total. The number of cyclic esters (lactones) is 1. The van der Waals surface area contributed by atoms with Crippen molar-refractivity contribution in [2.45, 2.75) is 6.04 Å². The summed E-state index contributed by atoms with van der Waals surface area (Å²) in [5, 5.41) is 5.78. The number of hydrogen-bond donors (Lipinski definition) is 2. The van der Waals surface area contributed by atoms with Gasteiger partial charge in [0.2, 0.25) is 0 Å². The third-order valence-corrected chi connectivity index (χ3v) is 5.95. The Balaban J connectivity index is 1.19. The van der Waals surface area contributed by atoms with Gasteiger partial charge in [-0.15, -0.1) is 0 Å². The van der Waals surface area contributed by atoms with E-state index in [1.54, 1.807) is 24.3 Å². The fourth-order valence-corrected chi connectivity index (χ4v) is 4.41. The number of nitrogens with one attached hydrogen (secondary N) is 2. The molecule has 2 aliphatic heterocycles. The summed E-state index contributed by atoms with van der Waals surface area (Å²) in [6, 6.07) is 10.3. The molecule has 1 aliphatic carbocycles. The zero-order chi connectivity index (χ0) is 20.8. The number of carbonyl (C=O) groups is 2. The van der Waals surface area contributed by atoms with E-state index in [0.717, 1.165) is 6.07 Å². The van der Waals surface area contributed by atoms with Crippen molar-refractivity contribution in [3.8, 4) is 0 Å². The molecule has 0 spiro atoms. The second kappa shape index (κ2) is 7.16. The molecule has 2 saturated heterocycles. The summed E-state index contributed by atoms with van der Waals surface area (Å²) >= 11 is 0. The Morgan fingerprint density at radius 1 is 1.07 bits per heavy atom. The van der Waals surface area contributed by atoms with E-state index in [1.807, 2.05) is 4.90 Å². The first kappa shape index (κ1) is 18.7. The Morgan fingerprint density at radius 3 is 2.53 bits per heavy atom. The summed E-state index contributed by atoms with van der Waals surface area (Å²) in [5.74, 6) is -0.720. The third-order valence-electron chi connectivity index (χ3n) is 5.95. The summed E-state index contributed by atoms with van der Waals surface area (Å²) in [6.07, 6.45) is -0.436. The van der Waals surface area contributed by atoms with Gasteiger partial charge in [0.25, 0.3) is 0 Å². The third kappa shape index (κ3) is 3.30. The van der Waals surface area contributed by atoms with Crippen molar-refractivity contribution in [2.75, 3.05) is 41.4 Å². The molecule has 2 aromatic carbocycles. The van der Waals surface area contributed by atoms with Gasteiger partial charge in [-0.05, 0) is 24.3 Å². The van der Waals surface area contributed by atoms with Crippen molar-refractivity contribution in [1.29, 1.82) is 0 Å². The molecule has 2 atom stereocenters. The van der Waals surface area contributed by atoms with E-state index in [-0.39, 0.29) is 23.9 Å². The number of anilines is 3. The van der Waals surface area contributed by atoms with Gasteiger partial charge in [0.15, 0.2) is 0 Å². The fraction of sp³-hybridized carbons (Fsp3) is 0.333. The Morgan fingerprint density at radius 2 is 1.83 bits per heavy atom. The van der Waals surface area contributed by atoms with Gasteiger partial charge in [-0.25, -0.2) is 18.4 Å². The predicted molar refractivity (Wildman–Crippen MR) is 107 cm³/mol. The molecule has 156 valence electrons. The van der Waals surface area contributed by atoms with Crippen molar-refractivity contribution >= 4 is 29.2 Å². The predicted octanol–water partition coefficient (Wildman–Crippen LogP) is 3.18. The van der Waals surface area contributed by atoms with Gasteiger partial charge in [-0.3, -0.25) is 4.90 Å². The van der Waals surface area contributed by atoms with Gasteiger partial charge in [0.05, 0.1) is 23.6 Å². The number of piperidine rings is 1. The van der Waals surface area contributed by atoms with E-state index in [0.29, 0.717) is 43.3 Å². The highest BCUT2D eigenvalue weighted by atomic mass is 19.1. The largest absolute Gasteiger partial charge is 0.447 e. The van der Waals surface area contributed by atoms with Gasteiger partial charge in [0.1, 0.15) is 18.2 Å². The van der Waals surface area contributed by atoms with Gasteiger partial charge in [-0.2, -0.15) is 0 Å². The summed E-state index contributed by atoms with van der Waals surface area (Å²) in [5.41, 5.74) is 1.50. The van der Waals surface area contributed by atoms with Crippen LogP contribution in [0.2, 0.25) is 0 Å². The molecule has 3 amide bonds. The van der Waals surface area contributed by atoms with Crippen LogP contribution < -0.4 is 20.4 Å². The maximum atomic E-state index is 14.0. The first-order valence-corrected chi connectivity index (χ1v) is 9.82. The standard InChI is InChI=1S/C21H20F2N4O3/c22-12-5-6-17(15(23)9-12)26-10-13-14(11-26)19(13)25-20(28)24-16-3-1-2-4-18(16)27-7-8-30-21(27)29/h1-6,9,13-14,19H,7-8,10-11H2,(H2,24,25,28). The molecule has 7 nitrogen and oxygen atoms in total. The molecule has 5 rings (SSSR count). The quantitative estimate of drug-likeness (QED) is 0.806. The van der Waals surface area contributed by atoms with Crippen LogP contribution in [0, 0.1) is 23.5 Å². The molecule has 9 heteroatoms. The Kier molecular flexibility index (Phi) is 4.45. The number of urea groups is 1. The molecular weight excluding hydrogens is 394 g/mol. The highest BCUT2D eigenvalue weighted by molar-refractivity contribution is 5.99. The highest BCUT2D eigenvalue weighted by Crippen LogP contribution is 2.47. The van der Waals surface area contributed by atoms with Crippen molar-refractivity contribution in [2.24, 2.45) is 11.8 Å². The first-order valence-electron chi connectivity index (χ1n) is 9.82. The van der Waals surface area contributed by atoms with Gasteiger partial charge in [0, 0.05) is 37.0 Å². The number of halogens is 2. The molecule has 3 fully saturated rings. The highest BCUT2D eigenvalue weighted by Gasteiger charge is 2.56. The average molecular weight is 414 g/mol. The van der Waals surface area contributed by atoms with E-state index < -0.39 is 17.7 Å². The number of nitrogens with zero attached hydrogens (tertiary/aromatic N) is 2. The molecule has 3 aliphatic rings. The monoisotopic (exact) mass is 414 g/mol. The summed E-state index contributed by atoms with van der Waals surface area (Å²) in [6.45, 7) is 1.96. The molecule has 1 saturated carbocycles. The van der Waals surface area contributed by atoms with Crippen molar-refractivity contribution in [1.82, 2.24) is 5.32 Å². The second-order valence-electron chi connectivity index (χ2n) is 7.74. The number of ether oxygens (including phenoxy) is 1. The SMILES string of the molecule is O=C(Nc1ccccc1N1CCOC1=O)NC1C2CN(c3ccc(F)cc3F)CC21. The van der Waals surface area contributed by atoms with Crippen LogP contribution in [0.15, 0.2) is 42.5 Å². The van der Waals surface area contributed by atoms with Gasteiger partial charge >= 0.3 is 12.1 Å². The number of rotatable bonds is 4. The van der Waals surface area contributed by atoms with Crippen LogP contribution in [0.4, 0.5) is 35.4 Å². The van der Waals surface area contributed by atoms with Gasteiger partial charge in [-0.1, -0.05) is 12.1 Å². The normalized spacial score (nSPS) is 24.5. The molecule has 0 aromatic heterocycles. The lowest BCUT2D eigenvalue weighted by Crippen LogP contribution is -2.37. The van der Waals surface area contributed by atoms with Gasteiger partial charge < -0.3 is 20.3 Å². The molecule has 0 radical (unpaired) electrons. The minimum absolute atomic E-state index is 0.00803. The summed E-state index contributed by atoms with van der Waals surface area (Å²) in [7, 11) is 0. The maximum absolute atomic E-state index is 14.0. The van der Waals surface area contributed by atoms with Crippen LogP contribution in [0.3, 0.4) is 0 Å². The minimum atomic E-state index is -0.598. The first-order chi connectivity index (χ1) is 14.5. The molecule has 30 heavy (non-hydrogen) atoms.